The van der Waals surface area contributed by atoms with Gasteiger partial charge in [0.2, 0.25) is 0 Å². The van der Waals surface area contributed by atoms with Gasteiger partial charge in [0.15, 0.2) is 0 Å². The molecule has 0 radical (unpaired) electrons. The van der Waals surface area contributed by atoms with Gasteiger partial charge in [-0.25, -0.2) is 0 Å². The van der Waals surface area contributed by atoms with Gasteiger partial charge in [0.05, 0.1) is 5.38 Å². The first-order chi connectivity index (χ1) is 9.66. The smallest absolute Gasteiger partial charge is 0.303 e. The van der Waals surface area contributed by atoms with Crippen molar-refractivity contribution in [1.29, 1.82) is 0 Å². The Kier molecular flexibility index (Phi) is 5.19. The number of carbonyl (C=O) groups is 1. The highest BCUT2D eigenvalue weighted by molar-refractivity contribution is 6.20. The molecule has 0 heterocycles. The second-order valence-electron chi connectivity index (χ2n) is 4.74. The fraction of sp³-hybridized carbons (Fsp3) is 0.235. The fourth-order valence-corrected chi connectivity index (χ4v) is 2.41. The van der Waals surface area contributed by atoms with Crippen LogP contribution in [0.4, 0.5) is 0 Å². The number of hydrogen-bond donors (Lipinski definition) is 1. The number of hydrogen-bond acceptors (Lipinski definition) is 1. The fourth-order valence-electron chi connectivity index (χ4n) is 2.11. The molecule has 0 bridgehead atoms. The summed E-state index contributed by atoms with van der Waals surface area (Å²) in [6, 6.07) is 18.3. The molecule has 0 aliphatic carbocycles. The van der Waals surface area contributed by atoms with Crippen molar-refractivity contribution in [1.82, 2.24) is 0 Å². The maximum Gasteiger partial charge on any atom is 0.303 e. The van der Waals surface area contributed by atoms with Gasteiger partial charge in [-0.05, 0) is 29.5 Å². The van der Waals surface area contributed by atoms with Crippen molar-refractivity contribution in [3.8, 4) is 11.1 Å². The molecule has 2 nitrogen and oxygen atoms in total. The maximum absolute atomic E-state index is 10.5. The van der Waals surface area contributed by atoms with Crippen LogP contribution in [0.15, 0.2) is 54.6 Å². The summed E-state index contributed by atoms with van der Waals surface area (Å²) < 4.78 is 0. The van der Waals surface area contributed by atoms with Crippen LogP contribution in [0.2, 0.25) is 0 Å². The Hall–Kier alpha value is -1.80. The average molecular weight is 289 g/mol. The molecule has 0 saturated carbocycles. The molecule has 2 aromatic carbocycles. The molecule has 1 unspecified atom stereocenters. The molecule has 0 aromatic heterocycles. The molecule has 20 heavy (non-hydrogen) atoms. The molecule has 2 aromatic rings. The van der Waals surface area contributed by atoms with Crippen molar-refractivity contribution in [2.24, 2.45) is 0 Å². The van der Waals surface area contributed by atoms with E-state index in [4.69, 9.17) is 16.7 Å². The van der Waals surface area contributed by atoms with E-state index in [0.717, 1.165) is 11.1 Å². The topological polar surface area (TPSA) is 37.3 Å². The molecule has 2 rings (SSSR count). The third kappa shape index (κ3) is 4.10. The first-order valence-electron chi connectivity index (χ1n) is 6.68. The zero-order chi connectivity index (χ0) is 14.4. The van der Waals surface area contributed by atoms with E-state index in [-0.39, 0.29) is 11.8 Å². The highest BCUT2D eigenvalue weighted by Crippen LogP contribution is 2.28. The third-order valence-electron chi connectivity index (χ3n) is 3.23. The van der Waals surface area contributed by atoms with Crippen molar-refractivity contribution in [2.75, 3.05) is 0 Å². The molecule has 0 saturated heterocycles. The number of benzene rings is 2. The molecule has 0 amide bonds. The van der Waals surface area contributed by atoms with Gasteiger partial charge in [0.1, 0.15) is 0 Å². The Balaban J connectivity index is 1.99. The summed E-state index contributed by atoms with van der Waals surface area (Å²) in [5, 5.41) is 8.49. The summed E-state index contributed by atoms with van der Waals surface area (Å²) >= 11 is 6.30. The van der Waals surface area contributed by atoms with Gasteiger partial charge < -0.3 is 5.11 Å². The highest BCUT2D eigenvalue weighted by Gasteiger charge is 2.09. The summed E-state index contributed by atoms with van der Waals surface area (Å²) in [6.45, 7) is 0. The lowest BCUT2D eigenvalue weighted by molar-refractivity contribution is -0.137. The van der Waals surface area contributed by atoms with Crippen LogP contribution in [0, 0.1) is 0 Å². The Morgan fingerprint density at radius 1 is 1.00 bits per heavy atom. The van der Waals surface area contributed by atoms with Crippen molar-refractivity contribution in [3.63, 3.8) is 0 Å². The number of carboxylic acid groups (broad SMARTS) is 1. The summed E-state index contributed by atoms with van der Waals surface area (Å²) in [5.41, 5.74) is 3.37. The second-order valence-corrected chi connectivity index (χ2v) is 5.27. The molecule has 0 spiro atoms. The van der Waals surface area contributed by atoms with Gasteiger partial charge in [0.25, 0.3) is 0 Å². The number of rotatable bonds is 6. The van der Waals surface area contributed by atoms with Crippen LogP contribution in [0.5, 0.6) is 0 Å². The normalized spacial score (nSPS) is 12.1. The maximum atomic E-state index is 10.5. The number of halogens is 1. The Morgan fingerprint density at radius 2 is 1.60 bits per heavy atom. The summed E-state index contributed by atoms with van der Waals surface area (Å²) in [5.74, 6) is -0.770. The van der Waals surface area contributed by atoms with Crippen LogP contribution in [-0.2, 0) is 4.79 Å². The summed E-state index contributed by atoms with van der Waals surface area (Å²) in [4.78, 5) is 10.5. The second kappa shape index (κ2) is 7.11. The van der Waals surface area contributed by atoms with Gasteiger partial charge in [-0.1, -0.05) is 54.6 Å². The van der Waals surface area contributed by atoms with Crippen LogP contribution < -0.4 is 0 Å². The first kappa shape index (κ1) is 14.6. The van der Waals surface area contributed by atoms with Crippen LogP contribution in [-0.4, -0.2) is 11.1 Å². The SMILES string of the molecule is O=C(O)CCCC(Cl)c1ccc(-c2ccccc2)cc1. The molecule has 3 heteroatoms. The predicted octanol–water partition coefficient (Wildman–Crippen LogP) is 4.89. The Labute approximate surface area is 124 Å². The van der Waals surface area contributed by atoms with Crippen LogP contribution in [0.1, 0.15) is 30.2 Å². The number of aliphatic carboxylic acids is 1. The zero-order valence-corrected chi connectivity index (χ0v) is 11.9. The molecule has 1 N–H and O–H groups in total. The summed E-state index contributed by atoms with van der Waals surface area (Å²) in [6.07, 6.45) is 1.45. The largest absolute Gasteiger partial charge is 0.481 e. The van der Waals surface area contributed by atoms with Gasteiger partial charge in [-0.3, -0.25) is 4.79 Å². The standard InChI is InChI=1S/C17H17ClO2/c18-16(7-4-8-17(19)20)15-11-9-14(10-12-15)13-5-2-1-3-6-13/h1-3,5-6,9-12,16H,4,7-8H2,(H,19,20). The lowest BCUT2D eigenvalue weighted by Gasteiger charge is -2.10. The molecular weight excluding hydrogens is 272 g/mol. The lowest BCUT2D eigenvalue weighted by atomic mass is 10.0. The van der Waals surface area contributed by atoms with Crippen molar-refractivity contribution in [2.45, 2.75) is 24.6 Å². The van der Waals surface area contributed by atoms with E-state index in [1.165, 1.54) is 5.56 Å². The minimum atomic E-state index is -0.770. The zero-order valence-electron chi connectivity index (χ0n) is 11.1. The van der Waals surface area contributed by atoms with E-state index in [1.54, 1.807) is 0 Å². The Morgan fingerprint density at radius 3 is 2.20 bits per heavy atom. The van der Waals surface area contributed by atoms with E-state index in [2.05, 4.69) is 24.3 Å². The summed E-state index contributed by atoms with van der Waals surface area (Å²) in [7, 11) is 0. The van der Waals surface area contributed by atoms with E-state index < -0.39 is 5.97 Å². The Bertz CT molecular complexity index is 549. The quantitative estimate of drug-likeness (QED) is 0.769. The van der Waals surface area contributed by atoms with E-state index >= 15 is 0 Å². The average Bonchev–Trinajstić information content (AvgIpc) is 2.48. The van der Waals surface area contributed by atoms with Crippen LogP contribution in [0.3, 0.4) is 0 Å². The van der Waals surface area contributed by atoms with Gasteiger partial charge in [-0.2, -0.15) is 0 Å². The van der Waals surface area contributed by atoms with Gasteiger partial charge in [-0.15, -0.1) is 11.6 Å². The van der Waals surface area contributed by atoms with E-state index in [1.807, 2.05) is 30.3 Å². The van der Waals surface area contributed by atoms with Gasteiger partial charge in [0, 0.05) is 6.42 Å². The van der Waals surface area contributed by atoms with Crippen LogP contribution in [0.25, 0.3) is 11.1 Å². The van der Waals surface area contributed by atoms with Crippen LogP contribution >= 0.6 is 11.6 Å². The number of alkyl halides is 1. The first-order valence-corrected chi connectivity index (χ1v) is 7.11. The molecule has 0 aliphatic rings. The monoisotopic (exact) mass is 288 g/mol. The van der Waals surface area contributed by atoms with E-state index in [9.17, 15) is 4.79 Å². The van der Waals surface area contributed by atoms with Gasteiger partial charge >= 0.3 is 5.97 Å². The molecular formula is C17H17ClO2. The third-order valence-corrected chi connectivity index (χ3v) is 3.70. The minimum absolute atomic E-state index is 0.126. The number of carboxylic acids is 1. The molecule has 1 atom stereocenters. The lowest BCUT2D eigenvalue weighted by Crippen LogP contribution is -1.96. The molecule has 104 valence electrons. The highest BCUT2D eigenvalue weighted by atomic mass is 35.5. The predicted molar refractivity (Wildman–Crippen MR) is 82.0 cm³/mol. The van der Waals surface area contributed by atoms with Crippen molar-refractivity contribution < 1.29 is 9.90 Å². The van der Waals surface area contributed by atoms with Crippen molar-refractivity contribution in [3.05, 3.63) is 60.2 Å². The minimum Gasteiger partial charge on any atom is -0.481 e. The van der Waals surface area contributed by atoms with E-state index in [0.29, 0.717) is 12.8 Å². The molecule has 0 fully saturated rings. The van der Waals surface area contributed by atoms with Crippen molar-refractivity contribution >= 4 is 17.6 Å². The molecule has 0 aliphatic heterocycles.